The summed E-state index contributed by atoms with van der Waals surface area (Å²) in [5.74, 6) is -0.749. The van der Waals surface area contributed by atoms with Crippen molar-refractivity contribution in [3.8, 4) is 0 Å². The Kier molecular flexibility index (Phi) is 7.06. The first-order valence-corrected chi connectivity index (χ1v) is 12.0. The van der Waals surface area contributed by atoms with Crippen molar-refractivity contribution in [2.75, 3.05) is 33.3 Å². The number of methoxy groups -OCH3 is 1. The van der Waals surface area contributed by atoms with E-state index in [4.69, 9.17) is 4.74 Å². The Labute approximate surface area is 199 Å². The van der Waals surface area contributed by atoms with Crippen LogP contribution in [0.25, 0.3) is 0 Å². The first-order valence-electron chi connectivity index (χ1n) is 12.0. The molecule has 4 nitrogen and oxygen atoms in total. The number of halogens is 3. The molecule has 184 valence electrons. The lowest BCUT2D eigenvalue weighted by Gasteiger charge is -2.51. The number of carbonyl (C=O) groups excluding carboxylic acids is 1. The lowest BCUT2D eigenvalue weighted by Crippen LogP contribution is -2.59. The summed E-state index contributed by atoms with van der Waals surface area (Å²) in [5.41, 5.74) is -0.585. The molecule has 1 N–H and O–H groups in total. The van der Waals surface area contributed by atoms with Crippen molar-refractivity contribution < 1.29 is 22.7 Å². The second-order valence-electron chi connectivity index (χ2n) is 9.46. The first kappa shape index (κ1) is 24.7. The Bertz CT molecular complexity index is 987. The minimum atomic E-state index is -4.88. The summed E-state index contributed by atoms with van der Waals surface area (Å²) in [5, 5.41) is 3.52. The summed E-state index contributed by atoms with van der Waals surface area (Å²) in [6.45, 7) is 4.45. The van der Waals surface area contributed by atoms with Gasteiger partial charge in [0.2, 0.25) is 0 Å². The van der Waals surface area contributed by atoms with Crippen LogP contribution >= 0.6 is 0 Å². The van der Waals surface area contributed by atoms with Gasteiger partial charge in [-0.15, -0.1) is 0 Å². The number of alkyl halides is 3. The summed E-state index contributed by atoms with van der Waals surface area (Å²) >= 11 is 0. The van der Waals surface area contributed by atoms with E-state index >= 15 is 0 Å². The maximum absolute atomic E-state index is 14.4. The van der Waals surface area contributed by atoms with Crippen LogP contribution in [0.5, 0.6) is 0 Å². The fourth-order valence-electron chi connectivity index (χ4n) is 5.99. The molecule has 0 bridgehead atoms. The molecule has 0 radical (unpaired) electrons. The second-order valence-corrected chi connectivity index (χ2v) is 9.46. The van der Waals surface area contributed by atoms with Crippen LogP contribution in [-0.2, 0) is 21.6 Å². The number of nitrogens with zero attached hydrogens (tertiary/aromatic N) is 1. The maximum atomic E-state index is 14.4. The molecular formula is C27H33F3N2O2. The molecule has 2 aromatic carbocycles. The number of piperidine rings is 2. The molecule has 1 spiro atoms. The minimum Gasteiger partial charge on any atom is -0.356 e. The van der Waals surface area contributed by atoms with Gasteiger partial charge in [0.1, 0.15) is 0 Å². The molecule has 2 aromatic rings. The van der Waals surface area contributed by atoms with Gasteiger partial charge in [0.15, 0.2) is 0 Å². The van der Waals surface area contributed by atoms with E-state index in [1.807, 2.05) is 0 Å². The van der Waals surface area contributed by atoms with E-state index in [9.17, 15) is 18.0 Å². The molecule has 0 aromatic heterocycles. The van der Waals surface area contributed by atoms with Gasteiger partial charge in [0.05, 0.1) is 0 Å². The zero-order valence-electron chi connectivity index (χ0n) is 19.8. The van der Waals surface area contributed by atoms with Crippen molar-refractivity contribution in [2.45, 2.75) is 50.3 Å². The Morgan fingerprint density at radius 1 is 1.06 bits per heavy atom. The third-order valence-electron chi connectivity index (χ3n) is 7.93. The summed E-state index contributed by atoms with van der Waals surface area (Å²) in [7, 11) is 0.967. The second kappa shape index (κ2) is 9.70. The number of carbonyl (C=O) groups is 1. The van der Waals surface area contributed by atoms with Crippen molar-refractivity contribution in [3.63, 3.8) is 0 Å². The summed E-state index contributed by atoms with van der Waals surface area (Å²) < 4.78 is 48.2. The van der Waals surface area contributed by atoms with Crippen LogP contribution in [0.2, 0.25) is 0 Å². The molecular weight excluding hydrogens is 441 g/mol. The third kappa shape index (κ3) is 4.13. The van der Waals surface area contributed by atoms with Crippen LogP contribution < -0.4 is 5.32 Å². The predicted octanol–water partition coefficient (Wildman–Crippen LogP) is 5.04. The van der Waals surface area contributed by atoms with Crippen LogP contribution in [0, 0.1) is 5.41 Å². The van der Waals surface area contributed by atoms with Gasteiger partial charge in [-0.2, -0.15) is 13.2 Å². The van der Waals surface area contributed by atoms with E-state index in [1.165, 1.54) is 40.3 Å². The highest BCUT2D eigenvalue weighted by atomic mass is 19.4. The van der Waals surface area contributed by atoms with Gasteiger partial charge in [-0.1, -0.05) is 61.5 Å². The SMILES string of the molecule is CCc1ccccc1C1CNCCC12CCN(C(=O)[C@](OC)(c1ccccc1)C(F)(F)F)CC2. The smallest absolute Gasteiger partial charge is 0.356 e. The van der Waals surface area contributed by atoms with Gasteiger partial charge in [0, 0.05) is 38.2 Å². The number of rotatable bonds is 5. The molecule has 2 heterocycles. The van der Waals surface area contributed by atoms with Crippen LogP contribution in [-0.4, -0.2) is 50.3 Å². The molecule has 7 heteroatoms. The van der Waals surface area contributed by atoms with E-state index in [0.29, 0.717) is 12.8 Å². The predicted molar refractivity (Wildman–Crippen MR) is 125 cm³/mol. The van der Waals surface area contributed by atoms with Gasteiger partial charge in [-0.25, -0.2) is 0 Å². The van der Waals surface area contributed by atoms with Gasteiger partial charge in [0.25, 0.3) is 11.5 Å². The largest absolute Gasteiger partial charge is 0.430 e. The number of benzene rings is 2. The summed E-state index contributed by atoms with van der Waals surface area (Å²) in [4.78, 5) is 14.9. The molecule has 1 amide bonds. The summed E-state index contributed by atoms with van der Waals surface area (Å²) in [6.07, 6.45) is -1.64. The monoisotopic (exact) mass is 474 g/mol. The zero-order chi connectivity index (χ0) is 24.4. The highest BCUT2D eigenvalue weighted by Crippen LogP contribution is 2.50. The normalized spacial score (nSPS) is 22.4. The molecule has 2 fully saturated rings. The van der Waals surface area contributed by atoms with E-state index in [-0.39, 0.29) is 30.0 Å². The zero-order valence-corrected chi connectivity index (χ0v) is 19.8. The highest BCUT2D eigenvalue weighted by Gasteiger charge is 2.64. The van der Waals surface area contributed by atoms with E-state index < -0.39 is 17.7 Å². The van der Waals surface area contributed by atoms with Crippen LogP contribution in [0.1, 0.15) is 48.8 Å². The molecule has 4 rings (SSSR count). The molecule has 0 saturated carbocycles. The molecule has 0 aliphatic carbocycles. The van der Waals surface area contributed by atoms with Gasteiger partial charge >= 0.3 is 6.18 Å². The van der Waals surface area contributed by atoms with Crippen LogP contribution in [0.4, 0.5) is 13.2 Å². The molecule has 1 unspecified atom stereocenters. The lowest BCUT2D eigenvalue weighted by molar-refractivity contribution is -0.271. The number of hydrogen-bond acceptors (Lipinski definition) is 3. The van der Waals surface area contributed by atoms with Gasteiger partial charge < -0.3 is 15.0 Å². The van der Waals surface area contributed by atoms with Crippen molar-refractivity contribution in [2.24, 2.45) is 5.41 Å². The molecule has 2 aliphatic heterocycles. The third-order valence-corrected chi connectivity index (χ3v) is 7.93. The van der Waals surface area contributed by atoms with E-state index in [1.54, 1.807) is 6.07 Å². The number of nitrogens with one attached hydrogen (secondary N) is 1. The number of aryl methyl sites for hydroxylation is 1. The fourth-order valence-corrected chi connectivity index (χ4v) is 5.99. The number of likely N-dealkylation sites (tertiary alicyclic amines) is 1. The van der Waals surface area contributed by atoms with Crippen molar-refractivity contribution in [1.29, 1.82) is 0 Å². The Morgan fingerprint density at radius 2 is 1.71 bits per heavy atom. The summed E-state index contributed by atoms with van der Waals surface area (Å²) in [6, 6.07) is 15.7. The quantitative estimate of drug-likeness (QED) is 0.660. The highest BCUT2D eigenvalue weighted by molar-refractivity contribution is 5.88. The van der Waals surface area contributed by atoms with Crippen molar-refractivity contribution in [3.05, 3.63) is 71.3 Å². The minimum absolute atomic E-state index is 0.0337. The number of hydrogen-bond donors (Lipinski definition) is 1. The number of ether oxygens (including phenoxy) is 1. The van der Waals surface area contributed by atoms with E-state index in [2.05, 4.69) is 36.5 Å². The van der Waals surface area contributed by atoms with E-state index in [0.717, 1.165) is 33.0 Å². The Hall–Kier alpha value is -2.38. The first-order chi connectivity index (χ1) is 16.3. The topological polar surface area (TPSA) is 41.6 Å². The Balaban J connectivity index is 1.61. The molecule has 2 aliphatic rings. The van der Waals surface area contributed by atoms with Gasteiger partial charge in [-0.05, 0) is 48.8 Å². The van der Waals surface area contributed by atoms with Gasteiger partial charge in [-0.3, -0.25) is 4.79 Å². The average molecular weight is 475 g/mol. The van der Waals surface area contributed by atoms with Crippen LogP contribution in [0.15, 0.2) is 54.6 Å². The fraction of sp³-hybridized carbons (Fsp3) is 0.519. The van der Waals surface area contributed by atoms with Crippen molar-refractivity contribution >= 4 is 5.91 Å². The number of amides is 1. The molecule has 2 atom stereocenters. The maximum Gasteiger partial charge on any atom is 0.430 e. The molecule has 2 saturated heterocycles. The average Bonchev–Trinajstić information content (AvgIpc) is 2.85. The Morgan fingerprint density at radius 3 is 2.32 bits per heavy atom. The van der Waals surface area contributed by atoms with Crippen LogP contribution in [0.3, 0.4) is 0 Å². The standard InChI is InChI=1S/C27H33F3N2O2/c1-3-20-9-7-8-12-22(20)23-19-31-16-13-25(23)14-17-32(18-15-25)24(33)26(34-2,27(28,29)30)21-10-5-4-6-11-21/h4-12,23,31H,3,13-19H2,1-2H3/t23?,26-/m1/s1. The lowest BCUT2D eigenvalue weighted by atomic mass is 9.62. The molecule has 34 heavy (non-hydrogen) atoms. The van der Waals surface area contributed by atoms with Crippen molar-refractivity contribution in [1.82, 2.24) is 10.2 Å².